The van der Waals surface area contributed by atoms with Crippen molar-refractivity contribution in [3.63, 3.8) is 0 Å². The van der Waals surface area contributed by atoms with Crippen molar-refractivity contribution >= 4 is 27.9 Å². The number of nitrogens with zero attached hydrogens (tertiary/aromatic N) is 3. The second-order valence-corrected chi connectivity index (χ2v) is 12.9. The van der Waals surface area contributed by atoms with Gasteiger partial charge in [-0.3, -0.25) is 9.63 Å². The van der Waals surface area contributed by atoms with Gasteiger partial charge in [0.2, 0.25) is 17.8 Å². The van der Waals surface area contributed by atoms with E-state index in [9.17, 15) is 9.59 Å². The number of rotatable bonds is 6. The van der Waals surface area contributed by atoms with Crippen molar-refractivity contribution in [3.05, 3.63) is 63.4 Å². The number of likely N-dealkylation sites (tertiary alicyclic amines) is 2. The predicted octanol–water partition coefficient (Wildman–Crippen LogP) is 6.50. The van der Waals surface area contributed by atoms with Gasteiger partial charge in [-0.05, 0) is 92.6 Å². The van der Waals surface area contributed by atoms with Crippen LogP contribution in [0.2, 0.25) is 0 Å². The molecule has 1 aliphatic carbocycles. The molecular weight excluding hydrogens is 592 g/mol. The van der Waals surface area contributed by atoms with Crippen LogP contribution in [-0.2, 0) is 11.2 Å². The lowest BCUT2D eigenvalue weighted by atomic mass is 9.77. The fourth-order valence-corrected chi connectivity index (χ4v) is 6.98. The Hall–Kier alpha value is -2.61. The Kier molecular flexibility index (Phi) is 13.6. The second kappa shape index (κ2) is 16.9. The average Bonchev–Trinajstić information content (AvgIpc) is 2.95. The molecule has 3 aliphatic rings. The molecule has 42 heavy (non-hydrogen) atoms. The number of aryl methyl sites for hydroxylation is 1. The predicted molar refractivity (Wildman–Crippen MR) is 173 cm³/mol. The van der Waals surface area contributed by atoms with Gasteiger partial charge in [0.25, 0.3) is 0 Å². The van der Waals surface area contributed by atoms with Crippen molar-refractivity contribution < 1.29 is 19.2 Å². The van der Waals surface area contributed by atoms with Gasteiger partial charge in [0.15, 0.2) is 0 Å². The summed E-state index contributed by atoms with van der Waals surface area (Å²) in [6, 6.07) is 1.89. The van der Waals surface area contributed by atoms with Gasteiger partial charge in [0, 0.05) is 42.9 Å². The highest BCUT2D eigenvalue weighted by atomic mass is 79.9. The molecule has 2 N–H and O–H groups in total. The fraction of sp³-hybridized carbons (Fsp3) is 0.618. The minimum absolute atomic E-state index is 0.216. The number of carbonyl (C=O) groups is 2. The van der Waals surface area contributed by atoms with Crippen LogP contribution in [0.5, 0.6) is 0 Å². The highest BCUT2D eigenvalue weighted by Gasteiger charge is 2.37. The average molecular weight is 645 g/mol. The van der Waals surface area contributed by atoms with E-state index >= 15 is 0 Å². The molecule has 8 heteroatoms. The molecule has 1 atom stereocenters. The summed E-state index contributed by atoms with van der Waals surface area (Å²) in [4.78, 5) is 34.2. The molecule has 2 saturated heterocycles. The van der Waals surface area contributed by atoms with Crippen LogP contribution in [0, 0.1) is 11.8 Å². The molecule has 0 radical (unpaired) electrons. The number of nitrogens with two attached hydrogens (primary N) is 1. The molecule has 0 aromatic carbocycles. The Bertz CT molecular complexity index is 1150. The first kappa shape index (κ1) is 33.9. The maximum atomic E-state index is 13.2. The number of primary amides is 1. The minimum Gasteiger partial charge on any atom is -0.351 e. The van der Waals surface area contributed by atoms with E-state index in [2.05, 4.69) is 78.9 Å². The van der Waals surface area contributed by atoms with E-state index in [1.165, 1.54) is 28.8 Å². The number of allylic oxidation sites excluding steroid dienone is 6. The monoisotopic (exact) mass is 643 g/mol. The van der Waals surface area contributed by atoms with Gasteiger partial charge in [-0.2, -0.15) is 0 Å². The molecule has 1 aromatic heterocycles. The number of pyridine rings is 1. The molecule has 1 aromatic rings. The lowest BCUT2D eigenvalue weighted by Crippen LogP contribution is -2.48. The zero-order chi connectivity index (χ0) is 30.6. The first-order valence-electron chi connectivity index (χ1n) is 15.8. The summed E-state index contributed by atoms with van der Waals surface area (Å²) in [6.07, 6.45) is 19.7. The number of halogens is 1. The molecule has 0 bridgehead atoms. The second-order valence-electron chi connectivity index (χ2n) is 12.0. The van der Waals surface area contributed by atoms with E-state index in [0.717, 1.165) is 62.5 Å². The standard InChI is InChI=1S/C31H43BrN4O3.C3H8/c1-4-6-22(2)17-24-7-5-8-26-20-27(32)21-36(39-3)30(26)28(18-24)25-11-15-34(16-12-25)29(37)19-23-9-13-35(14-10-23)31(33)38;1-3-2/h4,6,17-18,20-21,23,25,28H,5,7-16,19H2,1-3H3,(H-,33,38);3H2,1-2H3/p+1/b6-4-,22-17-,24-18+;. The number of fused-ring (bicyclic) bond motifs is 1. The molecule has 2 fully saturated rings. The van der Waals surface area contributed by atoms with E-state index in [1.807, 2.05) is 10.9 Å². The summed E-state index contributed by atoms with van der Waals surface area (Å²) in [5.74, 6) is 1.23. The molecule has 0 saturated carbocycles. The zero-order valence-electron chi connectivity index (χ0n) is 26.4. The Labute approximate surface area is 261 Å². The lowest BCUT2D eigenvalue weighted by molar-refractivity contribution is -0.891. The highest BCUT2D eigenvalue weighted by molar-refractivity contribution is 9.10. The van der Waals surface area contributed by atoms with E-state index in [1.54, 1.807) is 12.0 Å². The van der Waals surface area contributed by atoms with Crippen LogP contribution in [0.15, 0.2) is 52.2 Å². The van der Waals surface area contributed by atoms with E-state index < -0.39 is 0 Å². The molecule has 7 nitrogen and oxygen atoms in total. The molecule has 3 amide bonds. The van der Waals surface area contributed by atoms with Crippen molar-refractivity contribution in [1.29, 1.82) is 0 Å². The van der Waals surface area contributed by atoms with E-state index in [4.69, 9.17) is 10.6 Å². The van der Waals surface area contributed by atoms with Gasteiger partial charge < -0.3 is 15.5 Å². The normalized spacial score (nSPS) is 21.9. The summed E-state index contributed by atoms with van der Waals surface area (Å²) >= 11 is 3.68. The number of carbonyl (C=O) groups excluding carboxylic acids is 2. The zero-order valence-corrected chi connectivity index (χ0v) is 28.0. The smallest absolute Gasteiger partial charge is 0.314 e. The van der Waals surface area contributed by atoms with Gasteiger partial charge in [0.1, 0.15) is 7.11 Å². The Morgan fingerprint density at radius 2 is 1.74 bits per heavy atom. The number of amides is 3. The van der Waals surface area contributed by atoms with Crippen molar-refractivity contribution in [2.75, 3.05) is 33.3 Å². The molecule has 4 rings (SSSR count). The Morgan fingerprint density at radius 3 is 2.33 bits per heavy atom. The molecule has 2 aliphatic heterocycles. The minimum atomic E-state index is -0.357. The summed E-state index contributed by atoms with van der Waals surface area (Å²) in [6.45, 7) is 11.4. The van der Waals surface area contributed by atoms with Crippen LogP contribution in [0.3, 0.4) is 0 Å². The van der Waals surface area contributed by atoms with Crippen LogP contribution in [-0.4, -0.2) is 55.0 Å². The first-order chi connectivity index (χ1) is 20.2. The number of urea groups is 1. The molecular formula is C34H52BrN4O3+. The van der Waals surface area contributed by atoms with Crippen molar-refractivity contribution in [1.82, 2.24) is 9.80 Å². The third-order valence-corrected chi connectivity index (χ3v) is 9.00. The van der Waals surface area contributed by atoms with Crippen LogP contribution in [0.25, 0.3) is 0 Å². The SMILES string of the molecule is CCC.C\C=C/C(C)=C\C1=C\C(C2CCN(C(=O)CC3CCN(C(N)=O)CC3)CC2)c2c(cc(Br)c[n+]2OC)CCC1. The van der Waals surface area contributed by atoms with Crippen LogP contribution in [0.4, 0.5) is 4.79 Å². The summed E-state index contributed by atoms with van der Waals surface area (Å²) < 4.78 is 2.97. The van der Waals surface area contributed by atoms with E-state index in [-0.39, 0.29) is 17.9 Å². The number of aromatic nitrogens is 1. The molecule has 3 heterocycles. The third kappa shape index (κ3) is 9.45. The maximum Gasteiger partial charge on any atom is 0.314 e. The summed E-state index contributed by atoms with van der Waals surface area (Å²) in [5.41, 5.74) is 10.6. The first-order valence-corrected chi connectivity index (χ1v) is 16.6. The van der Waals surface area contributed by atoms with E-state index in [0.29, 0.717) is 31.3 Å². The number of hydrogen-bond donors (Lipinski definition) is 1. The molecule has 232 valence electrons. The Morgan fingerprint density at radius 1 is 1.10 bits per heavy atom. The third-order valence-electron chi connectivity index (χ3n) is 8.57. The van der Waals surface area contributed by atoms with Gasteiger partial charge >= 0.3 is 6.03 Å². The largest absolute Gasteiger partial charge is 0.351 e. The lowest BCUT2D eigenvalue weighted by Gasteiger charge is -2.36. The summed E-state index contributed by atoms with van der Waals surface area (Å²) in [7, 11) is 1.73. The fourth-order valence-electron chi connectivity index (χ4n) is 6.51. The Balaban J connectivity index is 0.00000155. The molecule has 1 unspecified atom stereocenters. The quantitative estimate of drug-likeness (QED) is 0.284. The van der Waals surface area contributed by atoms with Crippen molar-refractivity contribution in [2.24, 2.45) is 17.6 Å². The van der Waals surface area contributed by atoms with Gasteiger partial charge in [-0.15, -0.1) is 0 Å². The van der Waals surface area contributed by atoms with Gasteiger partial charge in [0.05, 0.1) is 10.4 Å². The van der Waals surface area contributed by atoms with Crippen LogP contribution >= 0.6 is 15.9 Å². The van der Waals surface area contributed by atoms with Crippen LogP contribution < -0.4 is 15.3 Å². The van der Waals surface area contributed by atoms with Gasteiger partial charge in [-0.25, -0.2) is 4.79 Å². The maximum absolute atomic E-state index is 13.2. The van der Waals surface area contributed by atoms with Gasteiger partial charge in [-0.1, -0.05) is 55.7 Å². The molecule has 0 spiro atoms. The van der Waals surface area contributed by atoms with Crippen molar-refractivity contribution in [3.8, 4) is 0 Å². The number of hydrogen-bond acceptors (Lipinski definition) is 3. The topological polar surface area (TPSA) is 79.8 Å². The van der Waals surface area contributed by atoms with Crippen molar-refractivity contribution in [2.45, 2.75) is 91.4 Å². The number of piperidine rings is 2. The summed E-state index contributed by atoms with van der Waals surface area (Å²) in [5, 5.41) is 0. The van der Waals surface area contributed by atoms with Crippen LogP contribution in [0.1, 0.15) is 96.2 Å². The highest BCUT2D eigenvalue weighted by Crippen LogP contribution is 2.38.